The van der Waals surface area contributed by atoms with Gasteiger partial charge in [0.15, 0.2) is 0 Å². The Kier molecular flexibility index (Phi) is 4.12. The lowest BCUT2D eigenvalue weighted by atomic mass is 10.1. The van der Waals surface area contributed by atoms with Crippen molar-refractivity contribution < 1.29 is 4.74 Å². The van der Waals surface area contributed by atoms with E-state index < -0.39 is 0 Å². The van der Waals surface area contributed by atoms with E-state index in [2.05, 4.69) is 28.6 Å². The number of hydrogen-bond acceptors (Lipinski definition) is 3. The SMILES string of the molecule is COCCN(C)c1ccc(N)c(-c2cccn2C)c1. The predicted molar refractivity (Wildman–Crippen MR) is 80.4 cm³/mol. The van der Waals surface area contributed by atoms with Gasteiger partial charge >= 0.3 is 0 Å². The van der Waals surface area contributed by atoms with Gasteiger partial charge < -0.3 is 19.9 Å². The van der Waals surface area contributed by atoms with E-state index in [1.54, 1.807) is 7.11 Å². The molecule has 0 saturated heterocycles. The highest BCUT2D eigenvalue weighted by molar-refractivity contribution is 5.78. The number of likely N-dealkylation sites (N-methyl/N-ethyl adjacent to an activating group) is 1. The van der Waals surface area contributed by atoms with Crippen molar-refractivity contribution in [3.8, 4) is 11.3 Å². The molecule has 0 amide bonds. The molecule has 2 rings (SSSR count). The van der Waals surface area contributed by atoms with Gasteiger partial charge in [-0.05, 0) is 30.3 Å². The lowest BCUT2D eigenvalue weighted by Crippen LogP contribution is -2.22. The normalized spacial score (nSPS) is 10.7. The molecule has 1 aromatic heterocycles. The minimum Gasteiger partial charge on any atom is -0.398 e. The Hall–Kier alpha value is -1.94. The molecule has 0 spiro atoms. The minimum absolute atomic E-state index is 0.709. The first kappa shape index (κ1) is 13.5. The highest BCUT2D eigenvalue weighted by Gasteiger charge is 2.09. The molecule has 1 aromatic carbocycles. The van der Waals surface area contributed by atoms with Gasteiger partial charge in [0, 0.05) is 56.6 Å². The van der Waals surface area contributed by atoms with Crippen LogP contribution in [0, 0.1) is 0 Å². The molecule has 0 fully saturated rings. The van der Waals surface area contributed by atoms with E-state index >= 15 is 0 Å². The molecule has 0 unspecified atom stereocenters. The van der Waals surface area contributed by atoms with Crippen molar-refractivity contribution in [2.75, 3.05) is 37.9 Å². The van der Waals surface area contributed by atoms with E-state index in [0.29, 0.717) is 6.61 Å². The van der Waals surface area contributed by atoms with Crippen molar-refractivity contribution in [3.63, 3.8) is 0 Å². The number of ether oxygens (including phenoxy) is 1. The quantitative estimate of drug-likeness (QED) is 0.838. The Morgan fingerprint density at radius 3 is 2.74 bits per heavy atom. The van der Waals surface area contributed by atoms with Gasteiger partial charge in [-0.15, -0.1) is 0 Å². The third-order valence-corrected chi connectivity index (χ3v) is 3.33. The van der Waals surface area contributed by atoms with Gasteiger partial charge in [0.2, 0.25) is 0 Å². The first-order chi connectivity index (χ1) is 9.13. The monoisotopic (exact) mass is 259 g/mol. The van der Waals surface area contributed by atoms with Crippen LogP contribution in [0.1, 0.15) is 0 Å². The van der Waals surface area contributed by atoms with Gasteiger partial charge in [-0.25, -0.2) is 0 Å². The summed E-state index contributed by atoms with van der Waals surface area (Å²) in [4.78, 5) is 2.16. The standard InChI is InChI=1S/C15H21N3O/c1-17(9-10-19-3)12-6-7-14(16)13(11-12)15-5-4-8-18(15)2/h4-8,11H,9-10,16H2,1-3H3. The third kappa shape index (κ3) is 2.90. The van der Waals surface area contributed by atoms with Crippen LogP contribution in [0.15, 0.2) is 36.5 Å². The summed E-state index contributed by atoms with van der Waals surface area (Å²) in [6.07, 6.45) is 2.02. The van der Waals surface area contributed by atoms with Gasteiger partial charge in [-0.3, -0.25) is 0 Å². The summed E-state index contributed by atoms with van der Waals surface area (Å²) in [5.74, 6) is 0. The van der Waals surface area contributed by atoms with E-state index in [0.717, 1.165) is 29.2 Å². The number of nitrogens with zero attached hydrogens (tertiary/aromatic N) is 2. The lowest BCUT2D eigenvalue weighted by molar-refractivity contribution is 0.206. The molecule has 0 aliphatic rings. The maximum Gasteiger partial charge on any atom is 0.0637 e. The summed E-state index contributed by atoms with van der Waals surface area (Å²) >= 11 is 0. The molecule has 19 heavy (non-hydrogen) atoms. The van der Waals surface area contributed by atoms with Crippen molar-refractivity contribution in [2.45, 2.75) is 0 Å². The minimum atomic E-state index is 0.709. The second kappa shape index (κ2) is 5.80. The predicted octanol–water partition coefficient (Wildman–Crippen LogP) is 2.36. The average molecular weight is 259 g/mol. The summed E-state index contributed by atoms with van der Waals surface area (Å²) in [7, 11) is 5.79. The average Bonchev–Trinajstić information content (AvgIpc) is 2.82. The van der Waals surface area contributed by atoms with Crippen LogP contribution in [0.25, 0.3) is 11.3 Å². The number of hydrogen-bond donors (Lipinski definition) is 1. The van der Waals surface area contributed by atoms with Gasteiger partial charge in [0.05, 0.1) is 6.61 Å². The molecular weight excluding hydrogens is 238 g/mol. The molecule has 2 N–H and O–H groups in total. The second-order valence-corrected chi connectivity index (χ2v) is 4.69. The summed E-state index contributed by atoms with van der Waals surface area (Å²) < 4.78 is 7.18. The van der Waals surface area contributed by atoms with Crippen LogP contribution in [0.5, 0.6) is 0 Å². The highest BCUT2D eigenvalue weighted by atomic mass is 16.5. The smallest absolute Gasteiger partial charge is 0.0637 e. The zero-order chi connectivity index (χ0) is 13.8. The number of benzene rings is 1. The molecule has 1 heterocycles. The zero-order valence-electron chi connectivity index (χ0n) is 11.8. The molecule has 0 bridgehead atoms. The van der Waals surface area contributed by atoms with Crippen LogP contribution in [0.3, 0.4) is 0 Å². The third-order valence-electron chi connectivity index (χ3n) is 3.33. The number of aryl methyl sites for hydroxylation is 1. The first-order valence-electron chi connectivity index (χ1n) is 6.35. The van der Waals surface area contributed by atoms with Crippen LogP contribution in [0.4, 0.5) is 11.4 Å². The molecule has 0 aliphatic heterocycles. The van der Waals surface area contributed by atoms with Crippen LogP contribution >= 0.6 is 0 Å². The summed E-state index contributed by atoms with van der Waals surface area (Å²) in [6, 6.07) is 10.2. The van der Waals surface area contributed by atoms with Gasteiger partial charge in [0.1, 0.15) is 0 Å². The largest absolute Gasteiger partial charge is 0.398 e. The topological polar surface area (TPSA) is 43.4 Å². The Bertz CT molecular complexity index is 548. The lowest BCUT2D eigenvalue weighted by Gasteiger charge is -2.20. The highest BCUT2D eigenvalue weighted by Crippen LogP contribution is 2.30. The first-order valence-corrected chi connectivity index (χ1v) is 6.35. The molecular formula is C15H21N3O. The number of nitrogen functional groups attached to an aromatic ring is 1. The molecule has 0 saturated carbocycles. The van der Waals surface area contributed by atoms with E-state index in [1.165, 1.54) is 0 Å². The van der Waals surface area contributed by atoms with Crippen molar-refractivity contribution in [2.24, 2.45) is 7.05 Å². The van der Waals surface area contributed by atoms with Crippen LogP contribution < -0.4 is 10.6 Å². The van der Waals surface area contributed by atoms with Crippen LogP contribution in [0.2, 0.25) is 0 Å². The fourth-order valence-corrected chi connectivity index (χ4v) is 2.10. The van der Waals surface area contributed by atoms with Crippen molar-refractivity contribution in [1.82, 2.24) is 4.57 Å². The Morgan fingerprint density at radius 1 is 1.32 bits per heavy atom. The Labute approximate surface area is 114 Å². The second-order valence-electron chi connectivity index (χ2n) is 4.69. The maximum atomic E-state index is 6.09. The van der Waals surface area contributed by atoms with E-state index in [-0.39, 0.29) is 0 Å². The van der Waals surface area contributed by atoms with Crippen LogP contribution in [-0.2, 0) is 11.8 Å². The zero-order valence-corrected chi connectivity index (χ0v) is 11.8. The van der Waals surface area contributed by atoms with Gasteiger partial charge in [0.25, 0.3) is 0 Å². The summed E-state index contributed by atoms with van der Waals surface area (Å²) in [6.45, 7) is 1.56. The Balaban J connectivity index is 2.32. The molecule has 4 heteroatoms. The number of anilines is 2. The molecule has 0 aliphatic carbocycles. The molecule has 2 aromatic rings. The fraction of sp³-hybridized carbons (Fsp3) is 0.333. The molecule has 102 valence electrons. The number of aromatic nitrogens is 1. The van der Waals surface area contributed by atoms with E-state index in [9.17, 15) is 0 Å². The van der Waals surface area contributed by atoms with Gasteiger partial charge in [-0.1, -0.05) is 0 Å². The summed E-state index contributed by atoms with van der Waals surface area (Å²) in [5.41, 5.74) is 10.2. The number of rotatable bonds is 5. The van der Waals surface area contributed by atoms with Crippen molar-refractivity contribution >= 4 is 11.4 Å². The van der Waals surface area contributed by atoms with Gasteiger partial charge in [-0.2, -0.15) is 0 Å². The molecule has 0 radical (unpaired) electrons. The Morgan fingerprint density at radius 2 is 2.11 bits per heavy atom. The van der Waals surface area contributed by atoms with E-state index in [1.807, 2.05) is 31.4 Å². The maximum absolute atomic E-state index is 6.09. The molecule has 0 atom stereocenters. The fourth-order valence-electron chi connectivity index (χ4n) is 2.10. The van der Waals surface area contributed by atoms with E-state index in [4.69, 9.17) is 10.5 Å². The number of nitrogens with two attached hydrogens (primary N) is 1. The molecule has 4 nitrogen and oxygen atoms in total. The summed E-state index contributed by atoms with van der Waals surface area (Å²) in [5, 5.41) is 0. The van der Waals surface area contributed by atoms with Crippen LogP contribution in [-0.4, -0.2) is 31.9 Å². The number of methoxy groups -OCH3 is 1. The van der Waals surface area contributed by atoms with Crippen molar-refractivity contribution in [3.05, 3.63) is 36.5 Å². The van der Waals surface area contributed by atoms with Crippen molar-refractivity contribution in [1.29, 1.82) is 0 Å².